The van der Waals surface area contributed by atoms with E-state index < -0.39 is 0 Å². The number of carbonyl (C=O) groups excluding carboxylic acids is 1. The second-order valence-electron chi connectivity index (χ2n) is 5.43. The van der Waals surface area contributed by atoms with Crippen LogP contribution in [0.1, 0.15) is 19.3 Å². The molecule has 3 heterocycles. The second kappa shape index (κ2) is 4.43. The van der Waals surface area contributed by atoms with E-state index in [1.807, 2.05) is 12.1 Å². The molecule has 104 valence electrons. The SMILES string of the molecule is O=C(Nc1ccc2[nH]c(=S)oc2c1)[C@H]1C[C@H]2CC[C@H]1O2. The number of carbonyl (C=O) groups is 1. The van der Waals surface area contributed by atoms with Gasteiger partial charge in [0.05, 0.1) is 23.6 Å². The van der Waals surface area contributed by atoms with Gasteiger partial charge in [-0.3, -0.25) is 4.79 Å². The Morgan fingerprint density at radius 2 is 2.30 bits per heavy atom. The number of hydrogen-bond donors (Lipinski definition) is 2. The van der Waals surface area contributed by atoms with Gasteiger partial charge in [0.1, 0.15) is 0 Å². The first-order valence-electron chi connectivity index (χ1n) is 6.78. The molecular formula is C14H14N2O3S. The maximum atomic E-state index is 12.3. The van der Waals surface area contributed by atoms with Gasteiger partial charge in [0.2, 0.25) is 5.91 Å². The standard InChI is InChI=1S/C14H14N2O3S/c17-13(9-6-8-2-4-11(9)18-8)15-7-1-3-10-12(5-7)19-14(20)16-10/h1,3,5,8-9,11H,2,4,6H2,(H,15,17)(H,16,20)/t8-,9+,11-/m1/s1. The molecule has 2 aliphatic rings. The van der Waals surface area contributed by atoms with E-state index in [1.165, 1.54) is 0 Å². The van der Waals surface area contributed by atoms with E-state index in [-0.39, 0.29) is 24.0 Å². The number of H-pyrrole nitrogens is 1. The lowest BCUT2D eigenvalue weighted by molar-refractivity contribution is -0.121. The third kappa shape index (κ3) is 1.96. The highest BCUT2D eigenvalue weighted by molar-refractivity contribution is 7.71. The molecule has 0 saturated carbocycles. The number of amides is 1. The van der Waals surface area contributed by atoms with Crippen LogP contribution in [0.25, 0.3) is 11.1 Å². The molecule has 0 aliphatic carbocycles. The summed E-state index contributed by atoms with van der Waals surface area (Å²) in [4.78, 5) is 15.6. The van der Waals surface area contributed by atoms with Crippen LogP contribution in [-0.2, 0) is 9.53 Å². The molecule has 0 spiro atoms. The van der Waals surface area contributed by atoms with Crippen LogP contribution in [0, 0.1) is 10.8 Å². The van der Waals surface area contributed by atoms with Crippen molar-refractivity contribution in [3.05, 3.63) is 23.0 Å². The van der Waals surface area contributed by atoms with Gasteiger partial charge in [0.15, 0.2) is 5.58 Å². The van der Waals surface area contributed by atoms with Gasteiger partial charge in [-0.15, -0.1) is 0 Å². The normalized spacial score (nSPS) is 28.1. The zero-order chi connectivity index (χ0) is 13.7. The first-order chi connectivity index (χ1) is 9.69. The van der Waals surface area contributed by atoms with Gasteiger partial charge in [-0.2, -0.15) is 0 Å². The summed E-state index contributed by atoms with van der Waals surface area (Å²) in [5.41, 5.74) is 2.20. The van der Waals surface area contributed by atoms with E-state index in [4.69, 9.17) is 21.4 Å². The van der Waals surface area contributed by atoms with Gasteiger partial charge < -0.3 is 19.5 Å². The van der Waals surface area contributed by atoms with Crippen molar-refractivity contribution in [3.63, 3.8) is 0 Å². The largest absolute Gasteiger partial charge is 0.429 e. The van der Waals surface area contributed by atoms with E-state index in [1.54, 1.807) is 6.07 Å². The lowest BCUT2D eigenvalue weighted by Crippen LogP contribution is -2.30. The number of aromatic nitrogens is 1. The third-order valence-corrected chi connectivity index (χ3v) is 4.32. The number of aromatic amines is 1. The number of ether oxygens (including phenoxy) is 1. The quantitative estimate of drug-likeness (QED) is 0.834. The van der Waals surface area contributed by atoms with Crippen LogP contribution in [-0.4, -0.2) is 23.1 Å². The van der Waals surface area contributed by atoms with Crippen LogP contribution >= 0.6 is 12.2 Å². The Balaban J connectivity index is 1.54. The van der Waals surface area contributed by atoms with Crippen molar-refractivity contribution in [3.8, 4) is 0 Å². The molecule has 20 heavy (non-hydrogen) atoms. The fraction of sp³-hybridized carbons (Fsp3) is 0.429. The summed E-state index contributed by atoms with van der Waals surface area (Å²) in [7, 11) is 0. The summed E-state index contributed by atoms with van der Waals surface area (Å²) in [6, 6.07) is 5.48. The van der Waals surface area contributed by atoms with Crippen molar-refractivity contribution in [2.45, 2.75) is 31.5 Å². The smallest absolute Gasteiger partial charge is 0.266 e. The van der Waals surface area contributed by atoms with Crippen LogP contribution in [0.2, 0.25) is 0 Å². The Hall–Kier alpha value is -1.66. The average Bonchev–Trinajstić information content (AvgIpc) is 3.11. The van der Waals surface area contributed by atoms with Crippen LogP contribution in [0.5, 0.6) is 0 Å². The molecule has 1 aromatic carbocycles. The number of oxazole rings is 1. The van der Waals surface area contributed by atoms with Gasteiger partial charge in [-0.05, 0) is 43.6 Å². The lowest BCUT2D eigenvalue weighted by Gasteiger charge is -2.17. The molecule has 1 aromatic heterocycles. The van der Waals surface area contributed by atoms with Crippen molar-refractivity contribution in [1.29, 1.82) is 0 Å². The predicted molar refractivity (Wildman–Crippen MR) is 76.0 cm³/mol. The summed E-state index contributed by atoms with van der Waals surface area (Å²) in [6.45, 7) is 0. The Bertz CT molecular complexity index is 735. The number of hydrogen-bond acceptors (Lipinski definition) is 4. The van der Waals surface area contributed by atoms with Gasteiger partial charge in [-0.25, -0.2) is 0 Å². The van der Waals surface area contributed by atoms with Crippen LogP contribution in [0.15, 0.2) is 22.6 Å². The highest BCUT2D eigenvalue weighted by atomic mass is 32.1. The summed E-state index contributed by atoms with van der Waals surface area (Å²) in [6.07, 6.45) is 3.29. The molecule has 6 heteroatoms. The molecule has 2 aromatic rings. The first kappa shape index (κ1) is 12.1. The maximum absolute atomic E-state index is 12.3. The Kier molecular flexibility index (Phi) is 2.68. The molecule has 0 unspecified atom stereocenters. The van der Waals surface area contributed by atoms with E-state index in [9.17, 15) is 4.79 Å². The number of nitrogens with one attached hydrogen (secondary N) is 2. The highest BCUT2D eigenvalue weighted by Crippen LogP contribution is 2.39. The molecule has 2 N–H and O–H groups in total. The van der Waals surface area contributed by atoms with Crippen molar-refractivity contribution < 1.29 is 13.9 Å². The molecule has 5 nitrogen and oxygen atoms in total. The zero-order valence-corrected chi connectivity index (χ0v) is 11.5. The molecule has 2 saturated heterocycles. The number of anilines is 1. The van der Waals surface area contributed by atoms with Crippen molar-refractivity contribution in [1.82, 2.24) is 4.98 Å². The molecule has 4 rings (SSSR count). The molecular weight excluding hydrogens is 276 g/mol. The van der Waals surface area contributed by atoms with E-state index in [2.05, 4.69) is 10.3 Å². The average molecular weight is 290 g/mol. The van der Waals surface area contributed by atoms with E-state index >= 15 is 0 Å². The predicted octanol–water partition coefficient (Wildman–Crippen LogP) is 3.00. The molecule has 3 atom stereocenters. The number of fused-ring (bicyclic) bond motifs is 3. The minimum Gasteiger partial charge on any atom is -0.429 e. The number of rotatable bonds is 2. The zero-order valence-electron chi connectivity index (χ0n) is 10.7. The van der Waals surface area contributed by atoms with Crippen LogP contribution in [0.4, 0.5) is 5.69 Å². The Morgan fingerprint density at radius 3 is 3.05 bits per heavy atom. The van der Waals surface area contributed by atoms with E-state index in [0.717, 1.165) is 30.5 Å². The van der Waals surface area contributed by atoms with Crippen LogP contribution in [0.3, 0.4) is 0 Å². The fourth-order valence-electron chi connectivity index (χ4n) is 3.17. The maximum Gasteiger partial charge on any atom is 0.266 e. The second-order valence-corrected chi connectivity index (χ2v) is 5.80. The Labute approximate surface area is 120 Å². The fourth-order valence-corrected chi connectivity index (χ4v) is 3.37. The van der Waals surface area contributed by atoms with Crippen molar-refractivity contribution >= 4 is 34.9 Å². The molecule has 0 radical (unpaired) electrons. The van der Waals surface area contributed by atoms with Crippen LogP contribution < -0.4 is 5.32 Å². The third-order valence-electron chi connectivity index (χ3n) is 4.13. The van der Waals surface area contributed by atoms with E-state index in [0.29, 0.717) is 10.4 Å². The minimum absolute atomic E-state index is 0.0258. The minimum atomic E-state index is -0.0258. The monoisotopic (exact) mass is 290 g/mol. The topological polar surface area (TPSA) is 67.3 Å². The summed E-state index contributed by atoms with van der Waals surface area (Å²) >= 11 is 4.94. The lowest BCUT2D eigenvalue weighted by atomic mass is 9.88. The highest BCUT2D eigenvalue weighted by Gasteiger charge is 2.44. The van der Waals surface area contributed by atoms with Gasteiger partial charge >= 0.3 is 0 Å². The Morgan fingerprint density at radius 1 is 1.40 bits per heavy atom. The van der Waals surface area contributed by atoms with Gasteiger partial charge in [-0.1, -0.05) is 0 Å². The first-order valence-corrected chi connectivity index (χ1v) is 7.19. The molecule has 1 amide bonds. The molecule has 2 fully saturated rings. The van der Waals surface area contributed by atoms with Gasteiger partial charge in [0.25, 0.3) is 4.84 Å². The van der Waals surface area contributed by atoms with Crippen molar-refractivity contribution in [2.75, 3.05) is 5.32 Å². The summed E-state index contributed by atoms with van der Waals surface area (Å²) in [5, 5.41) is 2.94. The summed E-state index contributed by atoms with van der Waals surface area (Å²) in [5.74, 6) is 0.00723. The molecule has 2 aliphatic heterocycles. The van der Waals surface area contributed by atoms with Crippen molar-refractivity contribution in [2.24, 2.45) is 5.92 Å². The van der Waals surface area contributed by atoms with Gasteiger partial charge in [0, 0.05) is 11.8 Å². The molecule has 2 bridgehead atoms. The summed E-state index contributed by atoms with van der Waals surface area (Å²) < 4.78 is 11.1. The number of benzene rings is 1.